The highest BCUT2D eigenvalue weighted by Crippen LogP contribution is 2.25. The molecule has 0 aliphatic carbocycles. The van der Waals surface area contributed by atoms with E-state index in [2.05, 4.69) is 4.72 Å². The van der Waals surface area contributed by atoms with Gasteiger partial charge in [-0.25, -0.2) is 13.1 Å². The van der Waals surface area contributed by atoms with Crippen LogP contribution in [0.5, 0.6) is 0 Å². The summed E-state index contributed by atoms with van der Waals surface area (Å²) < 4.78 is 40.0. The molecule has 1 aromatic rings. The average molecular weight is 320 g/mol. The van der Waals surface area contributed by atoms with E-state index >= 15 is 0 Å². The third-order valence-corrected chi connectivity index (χ3v) is 4.44. The van der Waals surface area contributed by atoms with Crippen LogP contribution < -0.4 is 4.72 Å². The van der Waals surface area contributed by atoms with Gasteiger partial charge in [0, 0.05) is 24.6 Å². The number of sulfonamides is 1. The number of benzene rings is 1. The zero-order valence-electron chi connectivity index (χ0n) is 11.9. The van der Waals surface area contributed by atoms with Crippen LogP contribution in [0.2, 0.25) is 0 Å². The smallest absolute Gasteiger partial charge is 0.306 e. The summed E-state index contributed by atoms with van der Waals surface area (Å²) in [4.78, 5) is 9.36. The molecule has 0 aliphatic rings. The van der Waals surface area contributed by atoms with E-state index in [1.165, 1.54) is 6.92 Å². The largest absolute Gasteiger partial charge is 0.396 e. The van der Waals surface area contributed by atoms with Gasteiger partial charge in [0.2, 0.25) is 15.8 Å². The van der Waals surface area contributed by atoms with E-state index in [1.54, 1.807) is 13.8 Å². The number of aryl methyl sites for hydroxylation is 1. The van der Waals surface area contributed by atoms with Gasteiger partial charge in [-0.3, -0.25) is 10.1 Å². The fraction of sp³-hybridized carbons (Fsp3) is 0.500. The molecule has 9 heteroatoms. The first-order valence-corrected chi connectivity index (χ1v) is 7.53. The first-order valence-electron chi connectivity index (χ1n) is 6.05. The van der Waals surface area contributed by atoms with Gasteiger partial charge in [0.05, 0.1) is 9.82 Å². The standard InChI is InChI=1S/C12H17FN2O5S/c1-8-4-9(13)10(15(17)18)5-11(8)21(19,20)14-6-12(2,3)7-16/h4-5,14,16H,6-7H2,1-3H3. The van der Waals surface area contributed by atoms with Crippen LogP contribution in [0.15, 0.2) is 17.0 Å². The van der Waals surface area contributed by atoms with Gasteiger partial charge >= 0.3 is 5.69 Å². The van der Waals surface area contributed by atoms with Crippen molar-refractivity contribution >= 4 is 15.7 Å². The third-order valence-electron chi connectivity index (χ3n) is 2.90. The van der Waals surface area contributed by atoms with Gasteiger partial charge in [0.15, 0.2) is 0 Å². The molecule has 0 saturated heterocycles. The van der Waals surface area contributed by atoms with Crippen LogP contribution >= 0.6 is 0 Å². The Bertz CT molecular complexity index is 658. The molecule has 0 saturated carbocycles. The van der Waals surface area contributed by atoms with Crippen molar-refractivity contribution in [1.82, 2.24) is 4.72 Å². The molecular weight excluding hydrogens is 303 g/mol. The highest BCUT2D eigenvalue weighted by molar-refractivity contribution is 7.89. The summed E-state index contributed by atoms with van der Waals surface area (Å²) in [5, 5.41) is 19.8. The lowest BCUT2D eigenvalue weighted by Crippen LogP contribution is -2.36. The number of hydrogen-bond acceptors (Lipinski definition) is 5. The Balaban J connectivity index is 3.20. The topological polar surface area (TPSA) is 110 Å². The number of hydrogen-bond donors (Lipinski definition) is 2. The molecule has 0 bridgehead atoms. The van der Waals surface area contributed by atoms with Crippen molar-refractivity contribution in [1.29, 1.82) is 0 Å². The molecule has 0 amide bonds. The molecule has 1 rings (SSSR count). The summed E-state index contributed by atoms with van der Waals surface area (Å²) in [6, 6.07) is 1.50. The maximum atomic E-state index is 13.4. The minimum Gasteiger partial charge on any atom is -0.396 e. The minimum atomic E-state index is -4.04. The second-order valence-corrected chi connectivity index (χ2v) is 7.21. The number of aliphatic hydroxyl groups excluding tert-OH is 1. The van der Waals surface area contributed by atoms with Gasteiger partial charge in [-0.05, 0) is 18.6 Å². The second-order valence-electron chi connectivity index (χ2n) is 5.47. The fourth-order valence-electron chi connectivity index (χ4n) is 1.50. The molecule has 0 radical (unpaired) electrons. The van der Waals surface area contributed by atoms with E-state index in [1.807, 2.05) is 0 Å². The first-order chi connectivity index (χ1) is 9.50. The summed E-state index contributed by atoms with van der Waals surface area (Å²) >= 11 is 0. The van der Waals surface area contributed by atoms with Gasteiger partial charge in [-0.2, -0.15) is 4.39 Å². The van der Waals surface area contributed by atoms with Crippen LogP contribution in [0.4, 0.5) is 10.1 Å². The van der Waals surface area contributed by atoms with Crippen molar-refractivity contribution in [2.24, 2.45) is 5.41 Å². The molecule has 0 spiro atoms. The van der Waals surface area contributed by atoms with Gasteiger partial charge in [-0.1, -0.05) is 13.8 Å². The number of aliphatic hydroxyl groups is 1. The van der Waals surface area contributed by atoms with Crippen molar-refractivity contribution in [2.45, 2.75) is 25.7 Å². The molecular formula is C12H17FN2O5S. The normalized spacial score (nSPS) is 12.4. The number of rotatable bonds is 6. The Morgan fingerprint density at radius 1 is 1.43 bits per heavy atom. The van der Waals surface area contributed by atoms with Crippen LogP contribution in [0.1, 0.15) is 19.4 Å². The lowest BCUT2D eigenvalue weighted by atomic mass is 9.96. The van der Waals surface area contributed by atoms with Crippen LogP contribution in [-0.2, 0) is 10.0 Å². The van der Waals surface area contributed by atoms with Gasteiger partial charge in [0.25, 0.3) is 0 Å². The van der Waals surface area contributed by atoms with Crippen molar-refractivity contribution in [3.05, 3.63) is 33.6 Å². The zero-order chi connectivity index (χ0) is 16.4. The Hall–Kier alpha value is -1.58. The highest BCUT2D eigenvalue weighted by Gasteiger charge is 2.26. The predicted octanol–water partition coefficient (Wildman–Crippen LogP) is 1.34. The molecule has 0 heterocycles. The van der Waals surface area contributed by atoms with Crippen LogP contribution in [0, 0.1) is 28.3 Å². The van der Waals surface area contributed by atoms with Crippen molar-refractivity contribution in [3.63, 3.8) is 0 Å². The van der Waals surface area contributed by atoms with E-state index in [0.29, 0.717) is 6.07 Å². The number of nitro groups is 1. The summed E-state index contributed by atoms with van der Waals surface area (Å²) in [7, 11) is -4.04. The Labute approximate surface area is 122 Å². The zero-order valence-corrected chi connectivity index (χ0v) is 12.7. The minimum absolute atomic E-state index is 0.0591. The summed E-state index contributed by atoms with van der Waals surface area (Å²) in [6.45, 7) is 4.35. The summed E-state index contributed by atoms with van der Waals surface area (Å²) in [5.41, 5.74) is -1.53. The number of nitrogens with zero attached hydrogens (tertiary/aromatic N) is 1. The Morgan fingerprint density at radius 3 is 2.48 bits per heavy atom. The molecule has 118 valence electrons. The fourth-order valence-corrected chi connectivity index (χ4v) is 2.98. The molecule has 0 aliphatic heterocycles. The van der Waals surface area contributed by atoms with Crippen molar-refractivity contribution in [2.75, 3.05) is 13.2 Å². The van der Waals surface area contributed by atoms with Crippen LogP contribution in [-0.4, -0.2) is 31.6 Å². The number of nitro benzene ring substituents is 1. The van der Waals surface area contributed by atoms with Crippen molar-refractivity contribution in [3.8, 4) is 0 Å². The molecule has 2 N–H and O–H groups in total. The monoisotopic (exact) mass is 320 g/mol. The number of nitrogens with one attached hydrogen (secondary N) is 1. The molecule has 21 heavy (non-hydrogen) atoms. The van der Waals surface area contributed by atoms with Gasteiger partial charge < -0.3 is 5.11 Å². The molecule has 0 unspecified atom stereocenters. The Kier molecular flexibility index (Phi) is 5.03. The maximum Gasteiger partial charge on any atom is 0.306 e. The number of halogens is 1. The lowest BCUT2D eigenvalue weighted by Gasteiger charge is -2.22. The quantitative estimate of drug-likeness (QED) is 0.607. The molecule has 0 fully saturated rings. The SMILES string of the molecule is Cc1cc(F)c([N+](=O)[O-])cc1S(=O)(=O)NCC(C)(C)CO. The first kappa shape index (κ1) is 17.5. The molecule has 0 atom stereocenters. The van der Waals surface area contributed by atoms with Gasteiger partial charge in [0.1, 0.15) is 0 Å². The highest BCUT2D eigenvalue weighted by atomic mass is 32.2. The summed E-state index contributed by atoms with van der Waals surface area (Å²) in [5.74, 6) is -1.09. The van der Waals surface area contributed by atoms with E-state index in [0.717, 1.165) is 6.07 Å². The van der Waals surface area contributed by atoms with Crippen molar-refractivity contribution < 1.29 is 22.8 Å². The molecule has 1 aromatic carbocycles. The van der Waals surface area contributed by atoms with Gasteiger partial charge in [-0.15, -0.1) is 0 Å². The average Bonchev–Trinajstić information content (AvgIpc) is 2.36. The Morgan fingerprint density at radius 2 is 2.00 bits per heavy atom. The molecule has 7 nitrogen and oxygen atoms in total. The molecule has 0 aromatic heterocycles. The second kappa shape index (κ2) is 6.04. The lowest BCUT2D eigenvalue weighted by molar-refractivity contribution is -0.387. The summed E-state index contributed by atoms with van der Waals surface area (Å²) in [6.07, 6.45) is 0. The van der Waals surface area contributed by atoms with Crippen LogP contribution in [0.3, 0.4) is 0 Å². The third kappa shape index (κ3) is 4.19. The van der Waals surface area contributed by atoms with Crippen LogP contribution in [0.25, 0.3) is 0 Å². The van der Waals surface area contributed by atoms with E-state index in [-0.39, 0.29) is 23.6 Å². The van der Waals surface area contributed by atoms with E-state index in [4.69, 9.17) is 5.11 Å². The predicted molar refractivity (Wildman–Crippen MR) is 73.8 cm³/mol. The van der Waals surface area contributed by atoms with E-state index in [9.17, 15) is 22.9 Å². The van der Waals surface area contributed by atoms with E-state index < -0.39 is 31.9 Å². The maximum absolute atomic E-state index is 13.4.